The second-order valence-electron chi connectivity index (χ2n) is 5.77. The maximum atomic E-state index is 11.7. The second kappa shape index (κ2) is 7.96. The van der Waals surface area contributed by atoms with Crippen LogP contribution in [0, 0.1) is 4.91 Å². The van der Waals surface area contributed by atoms with Gasteiger partial charge in [-0.15, -0.1) is 4.91 Å². The smallest absolute Gasteiger partial charge is 0.175 e. The third-order valence-corrected chi connectivity index (χ3v) is 4.88. The average Bonchev–Trinajstić information content (AvgIpc) is 2.68. The molecule has 0 spiro atoms. The van der Waals surface area contributed by atoms with E-state index in [2.05, 4.69) is 10.3 Å². The molecule has 0 saturated heterocycles. The van der Waals surface area contributed by atoms with Crippen molar-refractivity contribution in [1.82, 2.24) is 4.98 Å². The zero-order chi connectivity index (χ0) is 19.3. The Morgan fingerprint density at radius 2 is 1.78 bits per heavy atom. The van der Waals surface area contributed by atoms with E-state index in [1.165, 1.54) is 12.1 Å². The molecule has 0 N–H and O–H groups in total. The van der Waals surface area contributed by atoms with Crippen molar-refractivity contribution >= 4 is 21.2 Å². The molecule has 0 aliphatic heterocycles. The lowest BCUT2D eigenvalue weighted by molar-refractivity contribution is 0.301. The summed E-state index contributed by atoms with van der Waals surface area (Å²) in [5.74, 6) is 0.611. The highest BCUT2D eigenvalue weighted by atomic mass is 32.2. The monoisotopic (exact) mass is 383 g/mol. The van der Waals surface area contributed by atoms with Crippen LogP contribution in [0.15, 0.2) is 83.1 Å². The van der Waals surface area contributed by atoms with E-state index in [1.807, 2.05) is 18.2 Å². The van der Waals surface area contributed by atoms with Crippen molar-refractivity contribution in [1.29, 1.82) is 0 Å². The number of hydrogen-bond donors (Lipinski definition) is 0. The van der Waals surface area contributed by atoms with Crippen molar-refractivity contribution in [3.05, 3.63) is 83.5 Å². The topological polar surface area (TPSA) is 88.9 Å². The molecule has 3 rings (SSSR count). The molecular formula is C19H17N3O4S. The van der Waals surface area contributed by atoms with Crippen molar-refractivity contribution in [2.45, 2.75) is 11.5 Å². The maximum Gasteiger partial charge on any atom is 0.175 e. The molecule has 2 aromatic carbocycles. The first kappa shape index (κ1) is 18.5. The molecule has 8 heteroatoms. The number of benzene rings is 2. The van der Waals surface area contributed by atoms with Gasteiger partial charge in [-0.1, -0.05) is 12.1 Å². The fraction of sp³-hybridized carbons (Fsp3) is 0.105. The third-order valence-electron chi connectivity index (χ3n) is 3.77. The first-order chi connectivity index (χ1) is 13.0. The van der Waals surface area contributed by atoms with E-state index >= 15 is 0 Å². The van der Waals surface area contributed by atoms with E-state index in [0.717, 1.165) is 17.0 Å². The summed E-state index contributed by atoms with van der Waals surface area (Å²) in [7, 11) is -3.39. The number of hydrogen-bond acceptors (Lipinski definition) is 6. The van der Waals surface area contributed by atoms with Gasteiger partial charge in [0.25, 0.3) is 0 Å². The zero-order valence-corrected chi connectivity index (χ0v) is 15.3. The molecule has 0 unspecified atom stereocenters. The summed E-state index contributed by atoms with van der Waals surface area (Å²) in [5, 5.41) is 4.13. The van der Waals surface area contributed by atoms with E-state index in [0.29, 0.717) is 23.7 Å². The largest absolute Gasteiger partial charge is 0.487 e. The molecule has 0 amide bonds. The highest BCUT2D eigenvalue weighted by Crippen LogP contribution is 2.29. The van der Waals surface area contributed by atoms with Crippen LogP contribution < -0.4 is 9.75 Å². The van der Waals surface area contributed by atoms with Gasteiger partial charge in [0.05, 0.1) is 27.3 Å². The highest BCUT2D eigenvalue weighted by Gasteiger charge is 2.14. The van der Waals surface area contributed by atoms with Crippen LogP contribution in [0.2, 0.25) is 0 Å². The predicted octanol–water partition coefficient (Wildman–Crippen LogP) is 3.88. The standard InChI is InChI=1S/C19H17N3O4S/c1-27(24,25)19-7-4-6-17(13-19)22(21-23)16-8-10-18(11-9-16)26-14-15-5-2-3-12-20-15/h2-13H,14H2,1H3. The van der Waals surface area contributed by atoms with E-state index in [-0.39, 0.29) is 4.90 Å². The molecular weight excluding hydrogens is 366 g/mol. The lowest BCUT2D eigenvalue weighted by Gasteiger charge is -2.16. The molecule has 0 radical (unpaired) electrons. The minimum absolute atomic E-state index is 0.115. The lowest BCUT2D eigenvalue weighted by atomic mass is 10.2. The van der Waals surface area contributed by atoms with Crippen LogP contribution in [0.4, 0.5) is 11.4 Å². The molecule has 7 nitrogen and oxygen atoms in total. The molecule has 1 aromatic heterocycles. The molecule has 0 aliphatic carbocycles. The number of nitroso groups, excluding NO2 is 1. The number of ether oxygens (including phenoxy) is 1. The van der Waals surface area contributed by atoms with Gasteiger partial charge >= 0.3 is 0 Å². The van der Waals surface area contributed by atoms with Crippen molar-refractivity contribution in [2.24, 2.45) is 5.29 Å². The number of aromatic nitrogens is 1. The first-order valence-corrected chi connectivity index (χ1v) is 9.93. The van der Waals surface area contributed by atoms with Gasteiger partial charge < -0.3 is 4.74 Å². The Hall–Kier alpha value is -3.26. The molecule has 0 saturated carbocycles. The minimum atomic E-state index is -3.39. The summed E-state index contributed by atoms with van der Waals surface area (Å²) in [6.07, 6.45) is 2.80. The maximum absolute atomic E-state index is 11.7. The summed E-state index contributed by atoms with van der Waals surface area (Å²) < 4.78 is 29.1. The first-order valence-electron chi connectivity index (χ1n) is 8.04. The normalized spacial score (nSPS) is 11.0. The van der Waals surface area contributed by atoms with Gasteiger partial charge in [-0.05, 0) is 54.6 Å². The van der Waals surface area contributed by atoms with Gasteiger partial charge in [0.15, 0.2) is 9.84 Å². The van der Waals surface area contributed by atoms with Crippen molar-refractivity contribution in [3.8, 4) is 5.75 Å². The Morgan fingerprint density at radius 1 is 1.00 bits per heavy atom. The number of nitrogens with zero attached hydrogens (tertiary/aromatic N) is 3. The van der Waals surface area contributed by atoms with E-state index in [4.69, 9.17) is 4.74 Å². The van der Waals surface area contributed by atoms with Crippen LogP contribution in [0.5, 0.6) is 5.75 Å². The molecule has 27 heavy (non-hydrogen) atoms. The SMILES string of the molecule is CS(=O)(=O)c1cccc(N(N=O)c2ccc(OCc3ccccn3)cc2)c1. The molecule has 1 heterocycles. The summed E-state index contributed by atoms with van der Waals surface area (Å²) >= 11 is 0. The number of anilines is 2. The minimum Gasteiger partial charge on any atom is -0.487 e. The Bertz CT molecular complexity index is 1020. The number of sulfone groups is 1. The highest BCUT2D eigenvalue weighted by molar-refractivity contribution is 7.90. The van der Waals surface area contributed by atoms with Crippen LogP contribution in [0.25, 0.3) is 0 Å². The van der Waals surface area contributed by atoms with Gasteiger partial charge in [-0.2, -0.15) is 5.01 Å². The lowest BCUT2D eigenvalue weighted by Crippen LogP contribution is -2.08. The Labute approximate surface area is 157 Å². The van der Waals surface area contributed by atoms with Gasteiger partial charge in [-0.25, -0.2) is 8.42 Å². The van der Waals surface area contributed by atoms with Crippen molar-refractivity contribution in [2.75, 3.05) is 11.3 Å². The van der Waals surface area contributed by atoms with Gasteiger partial charge in [-0.3, -0.25) is 4.98 Å². The van der Waals surface area contributed by atoms with Crippen LogP contribution in [-0.4, -0.2) is 19.7 Å². The summed E-state index contributed by atoms with van der Waals surface area (Å²) in [4.78, 5) is 15.6. The Kier molecular flexibility index (Phi) is 5.46. The van der Waals surface area contributed by atoms with Gasteiger partial charge in [0.2, 0.25) is 0 Å². The molecule has 0 atom stereocenters. The zero-order valence-electron chi connectivity index (χ0n) is 14.5. The fourth-order valence-electron chi connectivity index (χ4n) is 2.41. The average molecular weight is 383 g/mol. The third kappa shape index (κ3) is 4.68. The van der Waals surface area contributed by atoms with E-state index in [1.54, 1.807) is 42.6 Å². The van der Waals surface area contributed by atoms with Gasteiger partial charge in [0, 0.05) is 12.5 Å². The summed E-state index contributed by atoms with van der Waals surface area (Å²) in [6, 6.07) is 18.4. The van der Waals surface area contributed by atoms with E-state index in [9.17, 15) is 13.3 Å². The van der Waals surface area contributed by atoms with Crippen molar-refractivity contribution < 1.29 is 13.2 Å². The van der Waals surface area contributed by atoms with Crippen LogP contribution >= 0.6 is 0 Å². The second-order valence-corrected chi connectivity index (χ2v) is 7.78. The Balaban J connectivity index is 1.77. The number of pyridine rings is 1. The summed E-state index contributed by atoms with van der Waals surface area (Å²) in [6.45, 7) is 0.326. The molecule has 0 fully saturated rings. The van der Waals surface area contributed by atoms with Crippen LogP contribution in [0.1, 0.15) is 5.69 Å². The molecule has 0 bridgehead atoms. The Morgan fingerprint density at radius 3 is 2.41 bits per heavy atom. The van der Waals surface area contributed by atoms with E-state index < -0.39 is 9.84 Å². The van der Waals surface area contributed by atoms with Crippen molar-refractivity contribution in [3.63, 3.8) is 0 Å². The van der Waals surface area contributed by atoms with Crippen LogP contribution in [-0.2, 0) is 16.4 Å². The molecule has 0 aliphatic rings. The molecule has 138 valence electrons. The van der Waals surface area contributed by atoms with Gasteiger partial charge in [0.1, 0.15) is 12.4 Å². The number of rotatable bonds is 7. The molecule has 3 aromatic rings. The fourth-order valence-corrected chi connectivity index (χ4v) is 3.07. The summed E-state index contributed by atoms with van der Waals surface area (Å²) in [5.41, 5.74) is 1.64. The van der Waals surface area contributed by atoms with Crippen LogP contribution in [0.3, 0.4) is 0 Å². The quantitative estimate of drug-likeness (QED) is 0.454. The predicted molar refractivity (Wildman–Crippen MR) is 102 cm³/mol.